The second kappa shape index (κ2) is 7.16. The van der Waals surface area contributed by atoms with Gasteiger partial charge < -0.3 is 10.6 Å². The molecular weight excluding hydrogens is 326 g/mol. The first-order valence-corrected chi connectivity index (χ1v) is 7.65. The van der Waals surface area contributed by atoms with Gasteiger partial charge in [-0.15, -0.1) is 0 Å². The first-order chi connectivity index (χ1) is 12.0. The molecule has 3 heterocycles. The fourth-order valence-electron chi connectivity index (χ4n) is 2.17. The number of halogens is 2. The van der Waals surface area contributed by atoms with Gasteiger partial charge in [0.1, 0.15) is 23.1 Å². The number of hydrogen-bond donors (Lipinski definition) is 2. The minimum atomic E-state index is -0.525. The summed E-state index contributed by atoms with van der Waals surface area (Å²) >= 11 is 0. The van der Waals surface area contributed by atoms with Crippen molar-refractivity contribution in [3.8, 4) is 11.5 Å². The summed E-state index contributed by atoms with van der Waals surface area (Å²) in [5, 5.41) is 6.09. The first-order valence-electron chi connectivity index (χ1n) is 7.65. The lowest BCUT2D eigenvalue weighted by Crippen LogP contribution is -2.12. The molecule has 25 heavy (non-hydrogen) atoms. The van der Waals surface area contributed by atoms with Crippen molar-refractivity contribution >= 4 is 17.3 Å². The van der Waals surface area contributed by atoms with Crippen LogP contribution in [0.25, 0.3) is 11.5 Å². The third kappa shape index (κ3) is 4.23. The van der Waals surface area contributed by atoms with Gasteiger partial charge in [-0.05, 0) is 26.0 Å². The van der Waals surface area contributed by atoms with E-state index in [0.717, 1.165) is 6.20 Å². The average molecular weight is 342 g/mol. The molecule has 0 bridgehead atoms. The molecule has 0 radical (unpaired) electrons. The first kappa shape index (κ1) is 16.7. The van der Waals surface area contributed by atoms with Gasteiger partial charge in [0.05, 0.1) is 18.1 Å². The minimum absolute atomic E-state index is 0.0373. The van der Waals surface area contributed by atoms with Crippen LogP contribution in [0, 0.1) is 11.6 Å². The number of pyridine rings is 2. The molecule has 0 aromatic carbocycles. The van der Waals surface area contributed by atoms with Crippen molar-refractivity contribution in [2.45, 2.75) is 19.9 Å². The van der Waals surface area contributed by atoms with E-state index in [0.29, 0.717) is 17.3 Å². The van der Waals surface area contributed by atoms with Crippen molar-refractivity contribution in [2.24, 2.45) is 0 Å². The summed E-state index contributed by atoms with van der Waals surface area (Å²) in [7, 11) is 0. The molecule has 0 fully saturated rings. The smallest absolute Gasteiger partial charge is 0.185 e. The normalized spacial score (nSPS) is 10.8. The maximum absolute atomic E-state index is 14.0. The van der Waals surface area contributed by atoms with E-state index >= 15 is 0 Å². The third-order valence-corrected chi connectivity index (χ3v) is 3.11. The number of hydrogen-bond acceptors (Lipinski definition) is 6. The number of anilines is 3. The predicted molar refractivity (Wildman–Crippen MR) is 91.5 cm³/mol. The lowest BCUT2D eigenvalue weighted by molar-refractivity contribution is 0.622. The number of aromatic nitrogens is 4. The molecule has 128 valence electrons. The Bertz CT molecular complexity index is 885. The molecule has 0 amide bonds. The Balaban J connectivity index is 2.02. The Morgan fingerprint density at radius 3 is 2.56 bits per heavy atom. The molecule has 0 saturated heterocycles. The SMILES string of the molecule is CC(C)Nc1cc(Nc2cncc(F)c2)nc(-c2ncccc2F)n1. The zero-order valence-corrected chi connectivity index (χ0v) is 13.7. The molecule has 3 aromatic heterocycles. The Labute approximate surface area is 143 Å². The predicted octanol–water partition coefficient (Wildman–Crippen LogP) is 3.78. The van der Waals surface area contributed by atoms with Crippen molar-refractivity contribution in [2.75, 3.05) is 10.6 Å². The molecule has 0 spiro atoms. The lowest BCUT2D eigenvalue weighted by Gasteiger charge is -2.13. The summed E-state index contributed by atoms with van der Waals surface area (Å²) in [5.41, 5.74) is 0.456. The molecule has 8 heteroatoms. The molecule has 2 N–H and O–H groups in total. The number of nitrogens with one attached hydrogen (secondary N) is 2. The summed E-state index contributed by atoms with van der Waals surface area (Å²) in [6.07, 6.45) is 4.03. The topological polar surface area (TPSA) is 75.6 Å². The molecule has 0 aliphatic heterocycles. The summed E-state index contributed by atoms with van der Waals surface area (Å²) < 4.78 is 27.3. The van der Waals surface area contributed by atoms with Crippen LogP contribution in [0.15, 0.2) is 42.9 Å². The lowest BCUT2D eigenvalue weighted by atomic mass is 10.3. The van der Waals surface area contributed by atoms with Gasteiger partial charge in [0.15, 0.2) is 11.6 Å². The molecule has 3 rings (SSSR count). The van der Waals surface area contributed by atoms with Crippen LogP contribution in [0.1, 0.15) is 13.8 Å². The van der Waals surface area contributed by atoms with E-state index in [-0.39, 0.29) is 17.6 Å². The summed E-state index contributed by atoms with van der Waals surface area (Å²) in [4.78, 5) is 16.4. The van der Waals surface area contributed by atoms with E-state index in [1.165, 1.54) is 30.6 Å². The molecule has 0 unspecified atom stereocenters. The Hall–Kier alpha value is -3.16. The van der Waals surface area contributed by atoms with Gasteiger partial charge in [0.2, 0.25) is 0 Å². The van der Waals surface area contributed by atoms with Crippen LogP contribution in [0.2, 0.25) is 0 Å². The Kier molecular flexibility index (Phi) is 4.78. The summed E-state index contributed by atoms with van der Waals surface area (Å²) in [6, 6.07) is 5.82. The highest BCUT2D eigenvalue weighted by Crippen LogP contribution is 2.23. The van der Waals surface area contributed by atoms with Gasteiger partial charge in [-0.2, -0.15) is 0 Å². The van der Waals surface area contributed by atoms with E-state index in [1.807, 2.05) is 13.8 Å². The van der Waals surface area contributed by atoms with Gasteiger partial charge in [-0.1, -0.05) is 0 Å². The van der Waals surface area contributed by atoms with Crippen molar-refractivity contribution in [1.29, 1.82) is 0 Å². The fourth-order valence-corrected chi connectivity index (χ4v) is 2.17. The highest BCUT2D eigenvalue weighted by Gasteiger charge is 2.13. The molecule has 0 aliphatic rings. The van der Waals surface area contributed by atoms with Crippen molar-refractivity contribution < 1.29 is 8.78 Å². The highest BCUT2D eigenvalue weighted by atomic mass is 19.1. The van der Waals surface area contributed by atoms with Gasteiger partial charge in [-0.25, -0.2) is 23.7 Å². The highest BCUT2D eigenvalue weighted by molar-refractivity contribution is 5.63. The zero-order chi connectivity index (χ0) is 17.8. The van der Waals surface area contributed by atoms with Crippen LogP contribution < -0.4 is 10.6 Å². The average Bonchev–Trinajstić information content (AvgIpc) is 2.54. The monoisotopic (exact) mass is 342 g/mol. The number of rotatable bonds is 5. The van der Waals surface area contributed by atoms with Crippen molar-refractivity contribution in [1.82, 2.24) is 19.9 Å². The molecular formula is C17H16F2N6. The van der Waals surface area contributed by atoms with Crippen LogP contribution in [-0.4, -0.2) is 26.0 Å². The van der Waals surface area contributed by atoms with Crippen LogP contribution in [0.4, 0.5) is 26.1 Å². The second-order valence-corrected chi connectivity index (χ2v) is 5.61. The fraction of sp³-hybridized carbons (Fsp3) is 0.176. The van der Waals surface area contributed by atoms with Gasteiger partial charge >= 0.3 is 0 Å². The van der Waals surface area contributed by atoms with E-state index in [2.05, 4.69) is 30.6 Å². The van der Waals surface area contributed by atoms with Crippen LogP contribution >= 0.6 is 0 Å². The van der Waals surface area contributed by atoms with Gasteiger partial charge in [0, 0.05) is 24.4 Å². The Morgan fingerprint density at radius 1 is 1.04 bits per heavy atom. The third-order valence-electron chi connectivity index (χ3n) is 3.11. The van der Waals surface area contributed by atoms with E-state index < -0.39 is 11.6 Å². The standard InChI is InChI=1S/C17H16F2N6/c1-10(2)22-14-7-15(23-12-6-11(18)8-20-9-12)25-17(24-14)16-13(19)4-3-5-21-16/h3-10H,1-2H3,(H2,22,23,24,25). The van der Waals surface area contributed by atoms with E-state index in [9.17, 15) is 8.78 Å². The van der Waals surface area contributed by atoms with E-state index in [4.69, 9.17) is 0 Å². The van der Waals surface area contributed by atoms with E-state index in [1.54, 1.807) is 6.07 Å². The second-order valence-electron chi connectivity index (χ2n) is 5.61. The van der Waals surface area contributed by atoms with Gasteiger partial charge in [0.25, 0.3) is 0 Å². The molecule has 0 saturated carbocycles. The molecule has 0 aliphatic carbocycles. The van der Waals surface area contributed by atoms with Crippen LogP contribution in [0.3, 0.4) is 0 Å². The van der Waals surface area contributed by atoms with Crippen LogP contribution in [0.5, 0.6) is 0 Å². The summed E-state index contributed by atoms with van der Waals surface area (Å²) in [6.45, 7) is 3.90. The van der Waals surface area contributed by atoms with Crippen LogP contribution in [-0.2, 0) is 0 Å². The molecule has 3 aromatic rings. The Morgan fingerprint density at radius 2 is 1.84 bits per heavy atom. The number of nitrogens with zero attached hydrogens (tertiary/aromatic N) is 4. The molecule has 0 atom stereocenters. The maximum atomic E-state index is 14.0. The quantitative estimate of drug-likeness (QED) is 0.735. The van der Waals surface area contributed by atoms with Gasteiger partial charge in [-0.3, -0.25) is 4.98 Å². The minimum Gasteiger partial charge on any atom is -0.368 e. The van der Waals surface area contributed by atoms with Crippen molar-refractivity contribution in [3.63, 3.8) is 0 Å². The maximum Gasteiger partial charge on any atom is 0.185 e. The summed E-state index contributed by atoms with van der Waals surface area (Å²) in [5.74, 6) is -0.0173. The zero-order valence-electron chi connectivity index (χ0n) is 13.7. The molecule has 6 nitrogen and oxygen atoms in total. The van der Waals surface area contributed by atoms with Crippen molar-refractivity contribution in [3.05, 3.63) is 54.5 Å². The largest absolute Gasteiger partial charge is 0.368 e.